The van der Waals surface area contributed by atoms with E-state index in [0.717, 1.165) is 11.5 Å². The van der Waals surface area contributed by atoms with Gasteiger partial charge in [-0.05, 0) is 59.1 Å². The van der Waals surface area contributed by atoms with Gasteiger partial charge in [-0.2, -0.15) is 0 Å². The molecule has 2 aliphatic rings. The molecule has 1 aromatic carbocycles. The summed E-state index contributed by atoms with van der Waals surface area (Å²) in [4.78, 5) is 12.8. The van der Waals surface area contributed by atoms with Crippen molar-refractivity contribution in [3.63, 3.8) is 0 Å². The van der Waals surface area contributed by atoms with E-state index in [1.165, 1.54) is 24.8 Å². The van der Waals surface area contributed by atoms with Gasteiger partial charge in [0.15, 0.2) is 0 Å². The lowest BCUT2D eigenvalue weighted by atomic mass is 9.68. The van der Waals surface area contributed by atoms with E-state index in [4.69, 9.17) is 0 Å². The van der Waals surface area contributed by atoms with Gasteiger partial charge in [-0.3, -0.25) is 4.79 Å². The van der Waals surface area contributed by atoms with Gasteiger partial charge in [0, 0.05) is 11.6 Å². The Morgan fingerprint density at radius 1 is 1.13 bits per heavy atom. The molecule has 1 N–H and O–H groups in total. The lowest BCUT2D eigenvalue weighted by Crippen LogP contribution is -2.52. The smallest absolute Gasteiger partial charge is 0.251 e. The van der Waals surface area contributed by atoms with Crippen molar-refractivity contribution in [3.8, 4) is 0 Å². The Morgan fingerprint density at radius 3 is 2.22 bits per heavy atom. The second-order valence-corrected chi connectivity index (χ2v) is 9.65. The molecule has 2 heteroatoms. The minimum Gasteiger partial charge on any atom is -0.348 e. The van der Waals surface area contributed by atoms with E-state index in [-0.39, 0.29) is 28.2 Å². The van der Waals surface area contributed by atoms with E-state index >= 15 is 0 Å². The zero-order valence-electron chi connectivity index (χ0n) is 15.5. The molecule has 0 heterocycles. The zero-order chi connectivity index (χ0) is 17.0. The average Bonchev–Trinajstić information content (AvgIpc) is 2.94. The van der Waals surface area contributed by atoms with E-state index in [9.17, 15) is 4.79 Å². The molecular weight excluding hydrogens is 282 g/mol. The fourth-order valence-corrected chi connectivity index (χ4v) is 5.00. The molecule has 0 spiro atoms. The van der Waals surface area contributed by atoms with Crippen molar-refractivity contribution >= 4 is 5.91 Å². The van der Waals surface area contributed by atoms with Crippen LogP contribution in [0.1, 0.15) is 76.7 Å². The van der Waals surface area contributed by atoms with Crippen molar-refractivity contribution in [1.29, 1.82) is 0 Å². The largest absolute Gasteiger partial charge is 0.348 e. The molecule has 0 saturated heterocycles. The Morgan fingerprint density at radius 2 is 1.74 bits per heavy atom. The summed E-state index contributed by atoms with van der Waals surface area (Å²) < 4.78 is 0. The van der Waals surface area contributed by atoms with Gasteiger partial charge in [0.1, 0.15) is 0 Å². The molecular formula is C21H31NO. The number of amides is 1. The molecule has 0 aromatic heterocycles. The van der Waals surface area contributed by atoms with Gasteiger partial charge < -0.3 is 5.32 Å². The maximum absolute atomic E-state index is 12.8. The summed E-state index contributed by atoms with van der Waals surface area (Å²) in [7, 11) is 0. The summed E-state index contributed by atoms with van der Waals surface area (Å²) in [5, 5.41) is 3.38. The van der Waals surface area contributed by atoms with Crippen LogP contribution in [0, 0.1) is 16.7 Å². The van der Waals surface area contributed by atoms with Crippen LogP contribution in [-0.2, 0) is 5.41 Å². The molecule has 0 radical (unpaired) electrons. The van der Waals surface area contributed by atoms with Crippen molar-refractivity contribution in [3.05, 3.63) is 35.4 Å². The second kappa shape index (κ2) is 5.09. The summed E-state index contributed by atoms with van der Waals surface area (Å²) in [5.74, 6) is 0.832. The Balaban J connectivity index is 1.77. The normalized spacial score (nSPS) is 32.1. The van der Waals surface area contributed by atoms with Crippen LogP contribution in [-0.4, -0.2) is 11.9 Å². The highest BCUT2D eigenvalue weighted by atomic mass is 16.1. The van der Waals surface area contributed by atoms with Gasteiger partial charge in [-0.15, -0.1) is 0 Å². The van der Waals surface area contributed by atoms with Gasteiger partial charge in [0.25, 0.3) is 5.91 Å². The van der Waals surface area contributed by atoms with Crippen LogP contribution in [0.15, 0.2) is 24.3 Å². The molecule has 2 nitrogen and oxygen atoms in total. The van der Waals surface area contributed by atoms with Crippen LogP contribution in [0.4, 0.5) is 0 Å². The Hall–Kier alpha value is -1.31. The average molecular weight is 313 g/mol. The van der Waals surface area contributed by atoms with Crippen molar-refractivity contribution in [1.82, 2.24) is 5.32 Å². The second-order valence-electron chi connectivity index (χ2n) is 9.65. The highest BCUT2D eigenvalue weighted by Crippen LogP contribution is 2.62. The molecule has 23 heavy (non-hydrogen) atoms. The van der Waals surface area contributed by atoms with Crippen LogP contribution >= 0.6 is 0 Å². The first-order valence-corrected chi connectivity index (χ1v) is 8.95. The fraction of sp³-hybridized carbons (Fsp3) is 0.667. The predicted molar refractivity (Wildman–Crippen MR) is 95.6 cm³/mol. The monoisotopic (exact) mass is 313 g/mol. The lowest BCUT2D eigenvalue weighted by molar-refractivity contribution is 0.0737. The number of rotatable bonds is 2. The predicted octanol–water partition coefficient (Wildman–Crippen LogP) is 4.93. The van der Waals surface area contributed by atoms with Crippen LogP contribution in [0.3, 0.4) is 0 Å². The summed E-state index contributed by atoms with van der Waals surface area (Å²) in [6.07, 6.45) is 3.82. The summed E-state index contributed by atoms with van der Waals surface area (Å²) in [6.45, 7) is 13.6. The minimum atomic E-state index is 0.0808. The van der Waals surface area contributed by atoms with Crippen LogP contribution < -0.4 is 5.32 Å². The number of benzene rings is 1. The van der Waals surface area contributed by atoms with Crippen LogP contribution in [0.2, 0.25) is 0 Å². The Kier molecular flexibility index (Phi) is 3.66. The maximum atomic E-state index is 12.8. The SMILES string of the molecule is CC(C)(C)c1ccc(C(=O)NC2C(C)(C)C3CC[C@]2(C)C3)cc1. The molecule has 1 aromatic rings. The van der Waals surface area contributed by atoms with Crippen molar-refractivity contribution < 1.29 is 4.79 Å². The molecule has 3 atom stereocenters. The Bertz CT molecular complexity index is 603. The molecule has 3 rings (SSSR count). The van der Waals surface area contributed by atoms with Gasteiger partial charge in [-0.1, -0.05) is 53.7 Å². The highest BCUT2D eigenvalue weighted by Gasteiger charge is 2.59. The third-order valence-electron chi connectivity index (χ3n) is 6.56. The zero-order valence-corrected chi connectivity index (χ0v) is 15.5. The minimum absolute atomic E-state index is 0.0808. The third kappa shape index (κ3) is 2.70. The summed E-state index contributed by atoms with van der Waals surface area (Å²) >= 11 is 0. The highest BCUT2D eigenvalue weighted by molar-refractivity contribution is 5.94. The summed E-state index contributed by atoms with van der Waals surface area (Å²) in [5.41, 5.74) is 2.64. The van der Waals surface area contributed by atoms with Crippen molar-refractivity contribution in [2.24, 2.45) is 16.7 Å². The van der Waals surface area contributed by atoms with Crippen molar-refractivity contribution in [2.45, 2.75) is 72.3 Å². The quantitative estimate of drug-likeness (QED) is 0.824. The maximum Gasteiger partial charge on any atom is 0.251 e. The number of hydrogen-bond acceptors (Lipinski definition) is 1. The topological polar surface area (TPSA) is 29.1 Å². The number of carbonyl (C=O) groups is 1. The number of hydrogen-bond donors (Lipinski definition) is 1. The molecule has 2 bridgehead atoms. The van der Waals surface area contributed by atoms with Gasteiger partial charge in [0.2, 0.25) is 0 Å². The molecule has 0 aliphatic heterocycles. The van der Waals surface area contributed by atoms with E-state index in [1.807, 2.05) is 12.1 Å². The van der Waals surface area contributed by atoms with Gasteiger partial charge in [-0.25, -0.2) is 0 Å². The van der Waals surface area contributed by atoms with Gasteiger partial charge in [0.05, 0.1) is 0 Å². The lowest BCUT2D eigenvalue weighted by Gasteiger charge is -2.43. The molecule has 2 aliphatic carbocycles. The fourth-order valence-electron chi connectivity index (χ4n) is 5.00. The molecule has 1 amide bonds. The first-order valence-electron chi connectivity index (χ1n) is 8.95. The van der Waals surface area contributed by atoms with E-state index in [2.05, 4.69) is 59.0 Å². The molecule has 2 saturated carbocycles. The third-order valence-corrected chi connectivity index (χ3v) is 6.56. The Labute approximate surface area is 141 Å². The van der Waals surface area contributed by atoms with E-state index < -0.39 is 0 Å². The van der Waals surface area contributed by atoms with Gasteiger partial charge >= 0.3 is 0 Å². The molecule has 2 fully saturated rings. The first kappa shape index (κ1) is 16.5. The number of carbonyl (C=O) groups excluding carboxylic acids is 1. The molecule has 2 unspecified atom stereocenters. The number of nitrogens with one attached hydrogen (secondary N) is 1. The van der Waals surface area contributed by atoms with Crippen LogP contribution in [0.5, 0.6) is 0 Å². The van der Waals surface area contributed by atoms with E-state index in [0.29, 0.717) is 0 Å². The molecule has 126 valence electrons. The summed E-state index contributed by atoms with van der Waals surface area (Å²) in [6, 6.07) is 8.39. The van der Waals surface area contributed by atoms with Crippen LogP contribution in [0.25, 0.3) is 0 Å². The number of fused-ring (bicyclic) bond motifs is 2. The first-order chi connectivity index (χ1) is 10.5. The standard InChI is InChI=1S/C21H31NO/c1-19(2,3)15-9-7-14(8-10-15)17(23)22-18-20(4,5)16-11-12-21(18,6)13-16/h7-10,16,18H,11-13H2,1-6H3,(H,22,23)/t16?,18?,21-/m1/s1. The van der Waals surface area contributed by atoms with E-state index in [1.54, 1.807) is 0 Å². The van der Waals surface area contributed by atoms with Crippen molar-refractivity contribution in [2.75, 3.05) is 0 Å².